The third-order valence-corrected chi connectivity index (χ3v) is 4.98. The van der Waals surface area contributed by atoms with Crippen LogP contribution in [0.3, 0.4) is 0 Å². The van der Waals surface area contributed by atoms with E-state index in [9.17, 15) is 10.1 Å². The summed E-state index contributed by atoms with van der Waals surface area (Å²) < 4.78 is 0. The molecule has 33 heavy (non-hydrogen) atoms. The number of hydrogen-bond donors (Lipinski definition) is 0. The van der Waals surface area contributed by atoms with Crippen LogP contribution in [-0.4, -0.2) is 28.0 Å². The number of hydrogen-bond acceptors (Lipinski definition) is 8. The Morgan fingerprint density at radius 3 is 1.67 bits per heavy atom. The van der Waals surface area contributed by atoms with E-state index >= 15 is 0 Å². The lowest BCUT2D eigenvalue weighted by Gasteiger charge is -2.26. The monoisotopic (exact) mass is 441 g/mol. The van der Waals surface area contributed by atoms with Crippen LogP contribution < -0.4 is 9.80 Å². The van der Waals surface area contributed by atoms with E-state index in [-0.39, 0.29) is 43.3 Å². The van der Waals surface area contributed by atoms with Gasteiger partial charge >= 0.3 is 5.69 Å². The van der Waals surface area contributed by atoms with Crippen LogP contribution in [0.2, 0.25) is 0 Å². The Morgan fingerprint density at radius 1 is 0.788 bits per heavy atom. The zero-order valence-electron chi connectivity index (χ0n) is 18.0. The molecule has 0 fully saturated rings. The van der Waals surface area contributed by atoms with Gasteiger partial charge in [-0.1, -0.05) is 60.7 Å². The third kappa shape index (κ3) is 6.25. The van der Waals surface area contributed by atoms with Gasteiger partial charge in [0.2, 0.25) is 11.6 Å². The molecular formula is C24H23N7O2. The van der Waals surface area contributed by atoms with Crippen LogP contribution in [-0.2, 0) is 13.1 Å². The fraction of sp³-hybridized carbons (Fsp3) is 0.250. The first-order valence-electron chi connectivity index (χ1n) is 10.4. The van der Waals surface area contributed by atoms with Crippen molar-refractivity contribution in [3.05, 3.63) is 88.2 Å². The van der Waals surface area contributed by atoms with Gasteiger partial charge in [0.25, 0.3) is 0 Å². The molecule has 3 aromatic rings. The molecule has 166 valence electrons. The van der Waals surface area contributed by atoms with Gasteiger partial charge in [0.15, 0.2) is 0 Å². The molecule has 0 bridgehead atoms. The second-order valence-corrected chi connectivity index (χ2v) is 7.26. The van der Waals surface area contributed by atoms with E-state index in [4.69, 9.17) is 10.5 Å². The number of nitro groups is 1. The summed E-state index contributed by atoms with van der Waals surface area (Å²) in [7, 11) is 0. The molecule has 0 aliphatic rings. The average molecular weight is 441 g/mol. The van der Waals surface area contributed by atoms with Crippen LogP contribution in [0.5, 0.6) is 0 Å². The predicted octanol–water partition coefficient (Wildman–Crippen LogP) is 4.23. The van der Waals surface area contributed by atoms with Crippen molar-refractivity contribution in [2.45, 2.75) is 25.9 Å². The van der Waals surface area contributed by atoms with Crippen molar-refractivity contribution in [2.75, 3.05) is 22.9 Å². The number of nitrogens with zero attached hydrogens (tertiary/aromatic N) is 7. The summed E-state index contributed by atoms with van der Waals surface area (Å²) in [6.07, 6.45) is 1.60. The van der Waals surface area contributed by atoms with E-state index < -0.39 is 4.92 Å². The summed E-state index contributed by atoms with van der Waals surface area (Å²) in [4.78, 5) is 23.7. The van der Waals surface area contributed by atoms with Crippen LogP contribution in [0, 0.1) is 32.8 Å². The average Bonchev–Trinajstić information content (AvgIpc) is 2.84. The topological polar surface area (TPSA) is 123 Å². The van der Waals surface area contributed by atoms with E-state index in [2.05, 4.69) is 9.97 Å². The lowest BCUT2D eigenvalue weighted by Crippen LogP contribution is -2.29. The minimum Gasteiger partial charge on any atom is -0.349 e. The van der Waals surface area contributed by atoms with Gasteiger partial charge in [-0.05, 0) is 11.1 Å². The van der Waals surface area contributed by atoms with Gasteiger partial charge in [-0.25, -0.2) is 9.97 Å². The normalized spacial score (nSPS) is 10.1. The molecule has 2 aromatic carbocycles. The van der Waals surface area contributed by atoms with Gasteiger partial charge in [-0.3, -0.25) is 10.1 Å². The first-order chi connectivity index (χ1) is 16.1. The fourth-order valence-electron chi connectivity index (χ4n) is 3.49. The molecule has 0 saturated heterocycles. The number of nitriles is 2. The highest BCUT2D eigenvalue weighted by atomic mass is 16.6. The van der Waals surface area contributed by atoms with Crippen molar-refractivity contribution >= 4 is 17.3 Å². The van der Waals surface area contributed by atoms with Crippen molar-refractivity contribution in [3.63, 3.8) is 0 Å². The molecule has 0 atom stereocenters. The lowest BCUT2D eigenvalue weighted by molar-refractivity contribution is -0.383. The summed E-state index contributed by atoms with van der Waals surface area (Å²) in [6.45, 7) is 1.27. The third-order valence-electron chi connectivity index (χ3n) is 4.98. The Labute approximate surface area is 192 Å². The van der Waals surface area contributed by atoms with Gasteiger partial charge in [0.05, 0.1) is 29.9 Å². The summed E-state index contributed by atoms with van der Waals surface area (Å²) in [5, 5.41) is 30.3. The van der Waals surface area contributed by atoms with Crippen LogP contribution in [0.1, 0.15) is 24.0 Å². The van der Waals surface area contributed by atoms with Crippen LogP contribution in [0.4, 0.5) is 17.3 Å². The van der Waals surface area contributed by atoms with Crippen molar-refractivity contribution in [1.29, 1.82) is 10.5 Å². The molecule has 0 radical (unpaired) electrons. The standard InChI is InChI=1S/C24H23N7O2/c25-13-7-15-29(16-8-14-26)23-22(31(32)33)24(28-19-27-23)30(17-20-9-3-1-4-10-20)18-21-11-5-2-6-12-21/h1-6,9-12,19H,7-8,15-18H2. The largest absolute Gasteiger partial charge is 0.353 e. The number of aromatic nitrogens is 2. The predicted molar refractivity (Wildman–Crippen MR) is 124 cm³/mol. The zero-order valence-corrected chi connectivity index (χ0v) is 18.0. The first-order valence-corrected chi connectivity index (χ1v) is 10.4. The second kappa shape index (κ2) is 11.8. The van der Waals surface area contributed by atoms with Crippen LogP contribution >= 0.6 is 0 Å². The van der Waals surface area contributed by atoms with E-state index in [0.29, 0.717) is 13.1 Å². The molecular weight excluding hydrogens is 418 g/mol. The molecule has 3 rings (SSSR count). The molecule has 0 spiro atoms. The highest BCUT2D eigenvalue weighted by molar-refractivity contribution is 5.71. The maximum absolute atomic E-state index is 12.2. The molecule has 0 aliphatic heterocycles. The van der Waals surface area contributed by atoms with Crippen LogP contribution in [0.15, 0.2) is 67.0 Å². The summed E-state index contributed by atoms with van der Waals surface area (Å²) in [5.74, 6) is 0.304. The molecule has 1 aromatic heterocycles. The van der Waals surface area contributed by atoms with Crippen molar-refractivity contribution in [1.82, 2.24) is 9.97 Å². The molecule has 1 heterocycles. The minimum atomic E-state index is -0.487. The van der Waals surface area contributed by atoms with Gasteiger partial charge in [-0.2, -0.15) is 10.5 Å². The summed E-state index contributed by atoms with van der Waals surface area (Å²) in [6, 6.07) is 23.4. The Kier molecular flexibility index (Phi) is 8.27. The van der Waals surface area contributed by atoms with Gasteiger partial charge in [0, 0.05) is 26.2 Å². The van der Waals surface area contributed by atoms with Gasteiger partial charge < -0.3 is 9.80 Å². The van der Waals surface area contributed by atoms with Gasteiger partial charge in [-0.15, -0.1) is 0 Å². The van der Waals surface area contributed by atoms with E-state index in [1.165, 1.54) is 6.33 Å². The SMILES string of the molecule is N#CCCN(CCC#N)c1ncnc(N(Cc2ccccc2)Cc2ccccc2)c1[N+](=O)[O-]. The van der Waals surface area contributed by atoms with Crippen LogP contribution in [0.25, 0.3) is 0 Å². The van der Waals surface area contributed by atoms with Crippen molar-refractivity contribution < 1.29 is 4.92 Å². The van der Waals surface area contributed by atoms with E-state index in [0.717, 1.165) is 11.1 Å². The Morgan fingerprint density at radius 2 is 1.24 bits per heavy atom. The van der Waals surface area contributed by atoms with Crippen molar-refractivity contribution in [2.24, 2.45) is 0 Å². The highest BCUT2D eigenvalue weighted by Gasteiger charge is 2.30. The fourth-order valence-corrected chi connectivity index (χ4v) is 3.49. The Balaban J connectivity index is 2.08. The Bertz CT molecular complexity index is 1080. The molecule has 9 nitrogen and oxygen atoms in total. The van der Waals surface area contributed by atoms with Crippen molar-refractivity contribution in [3.8, 4) is 12.1 Å². The second-order valence-electron chi connectivity index (χ2n) is 7.26. The molecule has 0 unspecified atom stereocenters. The molecule has 0 aliphatic carbocycles. The summed E-state index contributed by atoms with van der Waals surface area (Å²) >= 11 is 0. The van der Waals surface area contributed by atoms with E-state index in [1.807, 2.05) is 77.7 Å². The zero-order chi connectivity index (χ0) is 23.5. The van der Waals surface area contributed by atoms with Gasteiger partial charge in [0.1, 0.15) is 6.33 Å². The molecule has 9 heteroatoms. The maximum Gasteiger partial charge on any atom is 0.353 e. The lowest BCUT2D eigenvalue weighted by atomic mass is 10.1. The molecule has 0 N–H and O–H groups in total. The highest BCUT2D eigenvalue weighted by Crippen LogP contribution is 2.35. The number of rotatable bonds is 11. The Hall–Kier alpha value is -4.50. The smallest absolute Gasteiger partial charge is 0.349 e. The maximum atomic E-state index is 12.2. The first kappa shape index (κ1) is 23.2. The number of benzene rings is 2. The summed E-state index contributed by atoms with van der Waals surface area (Å²) in [5.41, 5.74) is 1.72. The van der Waals surface area contributed by atoms with E-state index in [1.54, 1.807) is 4.90 Å². The number of anilines is 2. The minimum absolute atomic E-state index is 0.113. The molecule has 0 saturated carbocycles. The molecule has 0 amide bonds. The quantitative estimate of drug-likeness (QED) is 0.320.